The molecule has 6 nitrogen and oxygen atoms in total. The molecule has 1 fully saturated rings. The van der Waals surface area contributed by atoms with Crippen LogP contribution in [0.25, 0.3) is 0 Å². The van der Waals surface area contributed by atoms with E-state index in [0.29, 0.717) is 19.6 Å². The number of hydrogen-bond donors (Lipinski definition) is 1. The maximum absolute atomic E-state index is 12.1. The summed E-state index contributed by atoms with van der Waals surface area (Å²) >= 11 is 1.81. The number of thioether (sulfide) groups is 1. The molecule has 0 aliphatic carbocycles. The molecular weight excluding hydrogens is 340 g/mol. The number of imide groups is 1. The molecule has 1 N–H and O–H groups in total. The second-order valence-corrected chi connectivity index (χ2v) is 9.53. The molecule has 1 unspecified atom stereocenters. The average Bonchev–Trinajstić information content (AvgIpc) is 2.78. The minimum atomic E-state index is -0.204. The first kappa shape index (κ1) is 22.0. The molecule has 1 saturated heterocycles. The standard InChI is InChI=1S/C18H32N2O4S/c1-13(2)14-12-16(22)20(17(14)23)8-10-24-9-6-15(21)19-7-11-25-18(3,4)5/h13-14H,6-12H2,1-5H3,(H,19,21). The number of carbonyl (C=O) groups excluding carboxylic acids is 3. The third-order valence-corrected chi connectivity index (χ3v) is 5.25. The predicted molar refractivity (Wildman–Crippen MR) is 100 cm³/mol. The summed E-state index contributed by atoms with van der Waals surface area (Å²) in [6.07, 6.45) is 0.585. The van der Waals surface area contributed by atoms with Crippen LogP contribution < -0.4 is 5.32 Å². The number of nitrogens with zero attached hydrogens (tertiary/aromatic N) is 1. The number of hydrogen-bond acceptors (Lipinski definition) is 5. The molecule has 1 aliphatic rings. The lowest BCUT2D eigenvalue weighted by molar-refractivity contribution is -0.140. The van der Waals surface area contributed by atoms with Crippen LogP contribution in [0, 0.1) is 11.8 Å². The van der Waals surface area contributed by atoms with Crippen LogP contribution in [0.3, 0.4) is 0 Å². The fourth-order valence-electron chi connectivity index (χ4n) is 2.52. The number of carbonyl (C=O) groups is 3. The first-order valence-corrected chi connectivity index (χ1v) is 9.93. The van der Waals surface area contributed by atoms with Gasteiger partial charge in [0.05, 0.1) is 19.8 Å². The van der Waals surface area contributed by atoms with Crippen molar-refractivity contribution < 1.29 is 19.1 Å². The van der Waals surface area contributed by atoms with Gasteiger partial charge in [0.25, 0.3) is 0 Å². The fraction of sp³-hybridized carbons (Fsp3) is 0.833. The van der Waals surface area contributed by atoms with Crippen molar-refractivity contribution in [3.05, 3.63) is 0 Å². The van der Waals surface area contributed by atoms with E-state index in [-0.39, 0.29) is 53.9 Å². The highest BCUT2D eigenvalue weighted by Crippen LogP contribution is 2.26. The van der Waals surface area contributed by atoms with Gasteiger partial charge in [0, 0.05) is 35.8 Å². The SMILES string of the molecule is CC(C)C1CC(=O)N(CCOCCC(=O)NCCSC(C)(C)C)C1=O. The Balaban J connectivity index is 2.11. The summed E-state index contributed by atoms with van der Waals surface area (Å²) in [6.45, 7) is 11.8. The molecule has 1 aliphatic heterocycles. The lowest BCUT2D eigenvalue weighted by Gasteiger charge is -2.17. The average molecular weight is 373 g/mol. The van der Waals surface area contributed by atoms with Gasteiger partial charge in [-0.15, -0.1) is 0 Å². The van der Waals surface area contributed by atoms with Crippen LogP contribution in [0.15, 0.2) is 0 Å². The van der Waals surface area contributed by atoms with Crippen molar-refractivity contribution in [3.63, 3.8) is 0 Å². The molecule has 1 rings (SSSR count). The molecule has 0 saturated carbocycles. The lowest BCUT2D eigenvalue weighted by atomic mass is 9.94. The Hall–Kier alpha value is -1.08. The maximum Gasteiger partial charge on any atom is 0.233 e. The second kappa shape index (κ2) is 10.2. The molecule has 0 spiro atoms. The van der Waals surface area contributed by atoms with Gasteiger partial charge in [0.15, 0.2) is 0 Å². The van der Waals surface area contributed by atoms with E-state index >= 15 is 0 Å². The highest BCUT2D eigenvalue weighted by atomic mass is 32.2. The van der Waals surface area contributed by atoms with Crippen LogP contribution in [0.4, 0.5) is 0 Å². The monoisotopic (exact) mass is 372 g/mol. The molecule has 0 bridgehead atoms. The number of amides is 3. The molecule has 0 aromatic rings. The van der Waals surface area contributed by atoms with E-state index in [4.69, 9.17) is 4.74 Å². The van der Waals surface area contributed by atoms with Crippen molar-refractivity contribution >= 4 is 29.5 Å². The first-order chi connectivity index (χ1) is 11.6. The summed E-state index contributed by atoms with van der Waals surface area (Å²) in [7, 11) is 0. The van der Waals surface area contributed by atoms with Crippen molar-refractivity contribution in [3.8, 4) is 0 Å². The summed E-state index contributed by atoms with van der Waals surface area (Å²) < 4.78 is 5.61. The Morgan fingerprint density at radius 2 is 2.00 bits per heavy atom. The molecule has 1 atom stereocenters. The van der Waals surface area contributed by atoms with Gasteiger partial charge in [0.1, 0.15) is 0 Å². The quantitative estimate of drug-likeness (QED) is 0.469. The Morgan fingerprint density at radius 3 is 2.56 bits per heavy atom. The van der Waals surface area contributed by atoms with Crippen molar-refractivity contribution in [1.29, 1.82) is 0 Å². The van der Waals surface area contributed by atoms with Gasteiger partial charge in [-0.2, -0.15) is 11.8 Å². The van der Waals surface area contributed by atoms with Crippen LogP contribution in [0.5, 0.6) is 0 Å². The Kier molecular flexibility index (Phi) is 8.93. The van der Waals surface area contributed by atoms with E-state index < -0.39 is 0 Å². The Bertz CT molecular complexity index is 474. The zero-order valence-electron chi connectivity index (χ0n) is 16.1. The third kappa shape index (κ3) is 8.23. The topological polar surface area (TPSA) is 75.7 Å². The van der Waals surface area contributed by atoms with E-state index in [0.717, 1.165) is 5.75 Å². The smallest absolute Gasteiger partial charge is 0.233 e. The molecule has 0 radical (unpaired) electrons. The number of ether oxygens (including phenoxy) is 1. The normalized spacial score (nSPS) is 18.3. The van der Waals surface area contributed by atoms with Crippen molar-refractivity contribution in [2.75, 3.05) is 32.1 Å². The van der Waals surface area contributed by atoms with E-state index in [1.165, 1.54) is 4.90 Å². The molecule has 7 heteroatoms. The van der Waals surface area contributed by atoms with Gasteiger partial charge in [-0.25, -0.2) is 0 Å². The molecule has 1 heterocycles. The van der Waals surface area contributed by atoms with E-state index in [2.05, 4.69) is 26.1 Å². The molecular formula is C18H32N2O4S. The summed E-state index contributed by atoms with van der Waals surface area (Å²) in [5, 5.41) is 2.86. The van der Waals surface area contributed by atoms with Crippen LogP contribution in [-0.4, -0.2) is 59.4 Å². The van der Waals surface area contributed by atoms with Crippen molar-refractivity contribution in [2.45, 2.75) is 52.2 Å². The summed E-state index contributed by atoms with van der Waals surface area (Å²) in [5.41, 5.74) is 0. The minimum absolute atomic E-state index is 0.0392. The number of rotatable bonds is 10. The maximum atomic E-state index is 12.1. The van der Waals surface area contributed by atoms with Gasteiger partial charge >= 0.3 is 0 Å². The first-order valence-electron chi connectivity index (χ1n) is 8.94. The summed E-state index contributed by atoms with van der Waals surface area (Å²) in [5.74, 6) is 0.584. The third-order valence-electron chi connectivity index (χ3n) is 3.98. The molecule has 25 heavy (non-hydrogen) atoms. The Labute approximate surface area is 155 Å². The fourth-order valence-corrected chi connectivity index (χ4v) is 3.34. The highest BCUT2D eigenvalue weighted by molar-refractivity contribution is 8.00. The zero-order valence-corrected chi connectivity index (χ0v) is 16.9. The number of nitrogens with one attached hydrogen (secondary N) is 1. The molecule has 3 amide bonds. The van der Waals surface area contributed by atoms with Crippen LogP contribution in [0.2, 0.25) is 0 Å². The summed E-state index contributed by atoms with van der Waals surface area (Å²) in [4.78, 5) is 37.0. The number of likely N-dealkylation sites (tertiary alicyclic amines) is 1. The van der Waals surface area contributed by atoms with Crippen LogP contribution >= 0.6 is 11.8 Å². The molecule has 0 aromatic carbocycles. The predicted octanol–water partition coefficient (Wildman–Crippen LogP) is 2.07. The van der Waals surface area contributed by atoms with Gasteiger partial charge in [-0.05, 0) is 5.92 Å². The van der Waals surface area contributed by atoms with Crippen molar-refractivity contribution in [2.24, 2.45) is 11.8 Å². The highest BCUT2D eigenvalue weighted by Gasteiger charge is 2.39. The van der Waals surface area contributed by atoms with Crippen LogP contribution in [0.1, 0.15) is 47.5 Å². The van der Waals surface area contributed by atoms with Gasteiger partial charge < -0.3 is 10.1 Å². The summed E-state index contributed by atoms with van der Waals surface area (Å²) in [6, 6.07) is 0. The second-order valence-electron chi connectivity index (χ2n) is 7.61. The Morgan fingerprint density at radius 1 is 1.32 bits per heavy atom. The lowest BCUT2D eigenvalue weighted by Crippen LogP contribution is -2.34. The van der Waals surface area contributed by atoms with E-state index in [9.17, 15) is 14.4 Å². The molecule has 144 valence electrons. The van der Waals surface area contributed by atoms with Crippen molar-refractivity contribution in [1.82, 2.24) is 10.2 Å². The largest absolute Gasteiger partial charge is 0.379 e. The van der Waals surface area contributed by atoms with E-state index in [1.54, 1.807) is 0 Å². The molecule has 0 aromatic heterocycles. The van der Waals surface area contributed by atoms with Crippen LogP contribution in [-0.2, 0) is 19.1 Å². The zero-order chi connectivity index (χ0) is 19.0. The van der Waals surface area contributed by atoms with Gasteiger partial charge in [0.2, 0.25) is 17.7 Å². The van der Waals surface area contributed by atoms with Gasteiger partial charge in [-0.1, -0.05) is 34.6 Å². The van der Waals surface area contributed by atoms with Gasteiger partial charge in [-0.3, -0.25) is 19.3 Å². The van der Waals surface area contributed by atoms with E-state index in [1.807, 2.05) is 25.6 Å². The minimum Gasteiger partial charge on any atom is -0.379 e.